The van der Waals surface area contributed by atoms with Crippen LogP contribution in [0.4, 0.5) is 0 Å². The van der Waals surface area contributed by atoms with E-state index in [4.69, 9.17) is 10.8 Å². The molecule has 4 N–H and O–H groups in total. The van der Waals surface area contributed by atoms with Crippen molar-refractivity contribution >= 4 is 5.97 Å². The number of aliphatic carboxylic acids is 1. The molecule has 1 aromatic rings. The molecule has 0 unspecified atom stereocenters. The number of phenols is 1. The normalized spacial score (nSPS) is 9.92. The Morgan fingerprint density at radius 1 is 1.46 bits per heavy atom. The number of aromatic hydroxyl groups is 1. The minimum Gasteiger partial charge on any atom is -0.508 e. The van der Waals surface area contributed by atoms with Crippen LogP contribution in [0.2, 0.25) is 0 Å². The van der Waals surface area contributed by atoms with Crippen molar-refractivity contribution in [1.82, 2.24) is 0 Å². The second-order valence-corrected chi connectivity index (χ2v) is 2.74. The lowest BCUT2D eigenvalue weighted by Gasteiger charge is -2.03. The SMILES string of the molecule is NCc1ccc(CC(=O)O)cc1O. The van der Waals surface area contributed by atoms with E-state index < -0.39 is 5.97 Å². The van der Waals surface area contributed by atoms with Crippen LogP contribution in [-0.2, 0) is 17.8 Å². The van der Waals surface area contributed by atoms with Gasteiger partial charge in [-0.2, -0.15) is 0 Å². The molecule has 1 rings (SSSR count). The predicted molar refractivity (Wildman–Crippen MR) is 47.3 cm³/mol. The summed E-state index contributed by atoms with van der Waals surface area (Å²) >= 11 is 0. The Morgan fingerprint density at radius 3 is 2.62 bits per heavy atom. The molecule has 0 fully saturated rings. The van der Waals surface area contributed by atoms with Crippen molar-refractivity contribution < 1.29 is 15.0 Å². The van der Waals surface area contributed by atoms with Crippen LogP contribution in [0, 0.1) is 0 Å². The summed E-state index contributed by atoms with van der Waals surface area (Å²) < 4.78 is 0. The molecule has 0 saturated heterocycles. The third kappa shape index (κ3) is 2.45. The first kappa shape index (κ1) is 9.54. The lowest BCUT2D eigenvalue weighted by atomic mass is 10.1. The Morgan fingerprint density at radius 2 is 2.15 bits per heavy atom. The highest BCUT2D eigenvalue weighted by Crippen LogP contribution is 2.18. The maximum Gasteiger partial charge on any atom is 0.307 e. The van der Waals surface area contributed by atoms with E-state index in [1.54, 1.807) is 12.1 Å². The number of carboxylic acids is 1. The summed E-state index contributed by atoms with van der Waals surface area (Å²) in [6, 6.07) is 4.71. The van der Waals surface area contributed by atoms with E-state index in [2.05, 4.69) is 0 Å². The quantitative estimate of drug-likeness (QED) is 0.633. The smallest absolute Gasteiger partial charge is 0.307 e. The minimum absolute atomic E-state index is 0.0567. The zero-order valence-corrected chi connectivity index (χ0v) is 7.03. The Kier molecular flexibility index (Phi) is 2.87. The summed E-state index contributed by atoms with van der Waals surface area (Å²) in [6.07, 6.45) is -0.0849. The molecule has 0 spiro atoms. The zero-order chi connectivity index (χ0) is 9.84. The van der Waals surface area contributed by atoms with Crippen LogP contribution in [0.5, 0.6) is 5.75 Å². The van der Waals surface area contributed by atoms with Gasteiger partial charge in [0.15, 0.2) is 0 Å². The number of carboxylic acid groups (broad SMARTS) is 1. The summed E-state index contributed by atoms with van der Waals surface area (Å²) in [7, 11) is 0. The average Bonchev–Trinajstić information content (AvgIpc) is 2.03. The van der Waals surface area contributed by atoms with Gasteiger partial charge < -0.3 is 15.9 Å². The number of benzene rings is 1. The average molecular weight is 181 g/mol. The van der Waals surface area contributed by atoms with Crippen LogP contribution < -0.4 is 5.73 Å². The topological polar surface area (TPSA) is 83.6 Å². The molecule has 0 radical (unpaired) electrons. The van der Waals surface area contributed by atoms with Gasteiger partial charge in [0.2, 0.25) is 0 Å². The molecule has 4 heteroatoms. The van der Waals surface area contributed by atoms with E-state index in [1.807, 2.05) is 0 Å². The molecule has 70 valence electrons. The van der Waals surface area contributed by atoms with Crippen LogP contribution in [0.3, 0.4) is 0 Å². The van der Waals surface area contributed by atoms with Gasteiger partial charge in [-0.15, -0.1) is 0 Å². The van der Waals surface area contributed by atoms with Crippen molar-refractivity contribution in [3.63, 3.8) is 0 Å². The number of rotatable bonds is 3. The van der Waals surface area contributed by atoms with Crippen LogP contribution in [0.25, 0.3) is 0 Å². The van der Waals surface area contributed by atoms with Crippen molar-refractivity contribution in [2.24, 2.45) is 5.73 Å². The maximum atomic E-state index is 10.3. The Labute approximate surface area is 75.6 Å². The summed E-state index contributed by atoms with van der Waals surface area (Å²) in [5.74, 6) is -0.860. The van der Waals surface area contributed by atoms with E-state index in [9.17, 15) is 9.90 Å². The third-order valence-corrected chi connectivity index (χ3v) is 1.72. The van der Waals surface area contributed by atoms with Crippen molar-refractivity contribution in [2.75, 3.05) is 0 Å². The van der Waals surface area contributed by atoms with Gasteiger partial charge in [-0.05, 0) is 11.6 Å². The van der Waals surface area contributed by atoms with Gasteiger partial charge in [0.1, 0.15) is 5.75 Å². The first-order chi connectivity index (χ1) is 6.13. The van der Waals surface area contributed by atoms with E-state index in [0.29, 0.717) is 11.1 Å². The number of nitrogens with two attached hydrogens (primary N) is 1. The van der Waals surface area contributed by atoms with E-state index in [-0.39, 0.29) is 18.7 Å². The van der Waals surface area contributed by atoms with Gasteiger partial charge in [0, 0.05) is 12.1 Å². The Bertz CT molecular complexity index is 323. The molecular weight excluding hydrogens is 170 g/mol. The molecule has 13 heavy (non-hydrogen) atoms. The molecule has 0 atom stereocenters. The van der Waals surface area contributed by atoms with Crippen molar-refractivity contribution in [3.8, 4) is 5.75 Å². The first-order valence-electron chi connectivity index (χ1n) is 3.86. The lowest BCUT2D eigenvalue weighted by Crippen LogP contribution is -2.01. The highest BCUT2D eigenvalue weighted by molar-refractivity contribution is 5.70. The standard InChI is InChI=1S/C9H11NO3/c10-5-7-2-1-6(3-8(7)11)4-9(12)13/h1-3,11H,4-5,10H2,(H,12,13). The second-order valence-electron chi connectivity index (χ2n) is 2.74. The van der Waals surface area contributed by atoms with Crippen LogP contribution in [0.15, 0.2) is 18.2 Å². The van der Waals surface area contributed by atoms with E-state index in [1.165, 1.54) is 6.07 Å². The van der Waals surface area contributed by atoms with Crippen molar-refractivity contribution in [2.45, 2.75) is 13.0 Å². The Balaban J connectivity index is 2.89. The fraction of sp³-hybridized carbons (Fsp3) is 0.222. The molecule has 0 saturated carbocycles. The largest absolute Gasteiger partial charge is 0.508 e. The fourth-order valence-corrected chi connectivity index (χ4v) is 1.07. The van der Waals surface area contributed by atoms with E-state index >= 15 is 0 Å². The van der Waals surface area contributed by atoms with Gasteiger partial charge in [-0.3, -0.25) is 4.79 Å². The molecule has 0 aromatic heterocycles. The van der Waals surface area contributed by atoms with Crippen molar-refractivity contribution in [1.29, 1.82) is 0 Å². The number of phenolic OH excluding ortho intramolecular Hbond substituents is 1. The number of hydrogen-bond acceptors (Lipinski definition) is 3. The number of carbonyl (C=O) groups is 1. The molecule has 1 aromatic carbocycles. The van der Waals surface area contributed by atoms with Gasteiger partial charge in [0.25, 0.3) is 0 Å². The Hall–Kier alpha value is -1.55. The van der Waals surface area contributed by atoms with E-state index in [0.717, 1.165) is 0 Å². The van der Waals surface area contributed by atoms with Crippen LogP contribution >= 0.6 is 0 Å². The molecule has 0 aliphatic heterocycles. The van der Waals surface area contributed by atoms with Gasteiger partial charge in [0.05, 0.1) is 6.42 Å². The van der Waals surface area contributed by atoms with Gasteiger partial charge in [-0.25, -0.2) is 0 Å². The molecular formula is C9H11NO3. The molecule has 0 heterocycles. The third-order valence-electron chi connectivity index (χ3n) is 1.72. The van der Waals surface area contributed by atoms with Crippen molar-refractivity contribution in [3.05, 3.63) is 29.3 Å². The van der Waals surface area contributed by atoms with Crippen LogP contribution in [0.1, 0.15) is 11.1 Å². The zero-order valence-electron chi connectivity index (χ0n) is 7.03. The predicted octanol–water partition coefficient (Wildman–Crippen LogP) is 0.478. The number of hydrogen-bond donors (Lipinski definition) is 3. The summed E-state index contributed by atoms with van der Waals surface area (Å²) in [5, 5.41) is 17.8. The highest BCUT2D eigenvalue weighted by Gasteiger charge is 2.03. The highest BCUT2D eigenvalue weighted by atomic mass is 16.4. The molecule has 0 aliphatic rings. The minimum atomic E-state index is -0.917. The fourth-order valence-electron chi connectivity index (χ4n) is 1.07. The van der Waals surface area contributed by atoms with Gasteiger partial charge in [-0.1, -0.05) is 12.1 Å². The molecule has 0 amide bonds. The second kappa shape index (κ2) is 3.91. The lowest BCUT2D eigenvalue weighted by molar-refractivity contribution is -0.136. The van der Waals surface area contributed by atoms with Crippen LogP contribution in [-0.4, -0.2) is 16.2 Å². The maximum absolute atomic E-state index is 10.3. The van der Waals surface area contributed by atoms with Gasteiger partial charge >= 0.3 is 5.97 Å². The first-order valence-corrected chi connectivity index (χ1v) is 3.86. The molecule has 0 aliphatic carbocycles. The molecule has 4 nitrogen and oxygen atoms in total. The monoisotopic (exact) mass is 181 g/mol. The molecule has 0 bridgehead atoms. The summed E-state index contributed by atoms with van der Waals surface area (Å²) in [4.78, 5) is 10.3. The summed E-state index contributed by atoms with van der Waals surface area (Å²) in [6.45, 7) is 0.249. The summed E-state index contributed by atoms with van der Waals surface area (Å²) in [5.41, 5.74) is 6.52.